The molecule has 1 amide bonds. The van der Waals surface area contributed by atoms with E-state index in [1.54, 1.807) is 19.2 Å². The van der Waals surface area contributed by atoms with Crippen LogP contribution in [0.5, 0.6) is 0 Å². The van der Waals surface area contributed by atoms with E-state index in [0.717, 1.165) is 11.6 Å². The van der Waals surface area contributed by atoms with Crippen LogP contribution in [0.1, 0.15) is 21.7 Å². The van der Waals surface area contributed by atoms with Crippen LogP contribution in [0, 0.1) is 19.7 Å². The minimum atomic E-state index is -0.488. The number of hydrogen-bond donors (Lipinski definition) is 3. The number of nitrogens with zero attached hydrogens (tertiary/aromatic N) is 3. The van der Waals surface area contributed by atoms with Crippen molar-refractivity contribution in [3.8, 4) is 0 Å². The number of hydrogen-bond acceptors (Lipinski definition) is 6. The van der Waals surface area contributed by atoms with E-state index in [4.69, 9.17) is 11.6 Å². The number of amides is 1. The van der Waals surface area contributed by atoms with E-state index in [1.807, 2.05) is 19.1 Å². The number of benzene rings is 1. The number of anilines is 3. The van der Waals surface area contributed by atoms with Crippen molar-refractivity contribution >= 4 is 35.0 Å². The monoisotopic (exact) mass is 414 g/mol. The van der Waals surface area contributed by atoms with Crippen LogP contribution < -0.4 is 16.0 Å². The Bertz CT molecular complexity index is 1030. The number of carbonyl (C=O) groups is 1. The van der Waals surface area contributed by atoms with Crippen molar-refractivity contribution in [2.75, 3.05) is 23.7 Å². The topological polar surface area (TPSA) is 91.8 Å². The third kappa shape index (κ3) is 5.86. The van der Waals surface area contributed by atoms with Gasteiger partial charge in [0.2, 0.25) is 0 Å². The number of aromatic nitrogens is 3. The van der Waals surface area contributed by atoms with E-state index >= 15 is 0 Å². The van der Waals surface area contributed by atoms with E-state index in [2.05, 4.69) is 30.9 Å². The summed E-state index contributed by atoms with van der Waals surface area (Å²) in [5.41, 5.74) is 1.31. The number of pyridine rings is 1. The number of halogens is 2. The highest BCUT2D eigenvalue weighted by molar-refractivity contribution is 6.33. The van der Waals surface area contributed by atoms with Gasteiger partial charge in [0.05, 0.1) is 10.6 Å². The summed E-state index contributed by atoms with van der Waals surface area (Å²) < 4.78 is 13.1. The Hall–Kier alpha value is -3.26. The van der Waals surface area contributed by atoms with Gasteiger partial charge in [0.15, 0.2) is 0 Å². The lowest BCUT2D eigenvalue weighted by Gasteiger charge is -2.11. The van der Waals surface area contributed by atoms with Gasteiger partial charge in [-0.15, -0.1) is 0 Å². The molecular weight excluding hydrogens is 395 g/mol. The third-order valence-electron chi connectivity index (χ3n) is 3.90. The summed E-state index contributed by atoms with van der Waals surface area (Å²) >= 11 is 5.90. The van der Waals surface area contributed by atoms with Crippen LogP contribution in [-0.4, -0.2) is 33.9 Å². The van der Waals surface area contributed by atoms with Gasteiger partial charge in [0.1, 0.15) is 29.1 Å². The summed E-state index contributed by atoms with van der Waals surface area (Å²) in [6, 6.07) is 9.24. The zero-order valence-electron chi connectivity index (χ0n) is 16.0. The molecule has 0 spiro atoms. The Labute approximate surface area is 172 Å². The van der Waals surface area contributed by atoms with Gasteiger partial charge in [-0.3, -0.25) is 4.79 Å². The molecule has 3 rings (SSSR count). The molecule has 9 heteroatoms. The molecule has 3 aromatic rings. The van der Waals surface area contributed by atoms with Crippen molar-refractivity contribution in [1.29, 1.82) is 0 Å². The quantitative estimate of drug-likeness (QED) is 0.508. The molecule has 0 aliphatic rings. The molecule has 29 heavy (non-hydrogen) atoms. The van der Waals surface area contributed by atoms with Gasteiger partial charge in [-0.05, 0) is 49.7 Å². The fourth-order valence-electron chi connectivity index (χ4n) is 2.59. The Kier molecular flexibility index (Phi) is 6.56. The molecule has 0 fully saturated rings. The second-order valence-electron chi connectivity index (χ2n) is 6.34. The maximum atomic E-state index is 13.1. The van der Waals surface area contributed by atoms with Crippen molar-refractivity contribution in [2.24, 2.45) is 0 Å². The Morgan fingerprint density at radius 3 is 2.59 bits per heavy atom. The van der Waals surface area contributed by atoms with E-state index < -0.39 is 5.82 Å². The van der Waals surface area contributed by atoms with Crippen LogP contribution >= 0.6 is 11.6 Å². The summed E-state index contributed by atoms with van der Waals surface area (Å²) in [5.74, 6) is 1.65. The standard InChI is InChI=1S/C20H20ClFN6O/c1-12-5-6-23-17(9-12)28-19-11-18(26-13(2)27-19)24-7-8-25-20(29)15-4-3-14(22)10-16(15)21/h3-6,9-11H,7-8H2,1-2H3,(H,25,29)(H2,23,24,26,27,28). The molecule has 7 nitrogen and oxygen atoms in total. The molecule has 0 saturated carbocycles. The molecule has 150 valence electrons. The number of carbonyl (C=O) groups excluding carboxylic acids is 1. The molecule has 3 N–H and O–H groups in total. The molecule has 0 aliphatic heterocycles. The first-order valence-electron chi connectivity index (χ1n) is 8.93. The lowest BCUT2D eigenvalue weighted by molar-refractivity contribution is 0.0955. The molecule has 2 aromatic heterocycles. The first kappa shape index (κ1) is 20.5. The van der Waals surface area contributed by atoms with Crippen LogP contribution in [0.2, 0.25) is 5.02 Å². The number of rotatable bonds is 7. The van der Waals surface area contributed by atoms with Gasteiger partial charge < -0.3 is 16.0 Å². The van der Waals surface area contributed by atoms with Crippen LogP contribution in [0.15, 0.2) is 42.6 Å². The molecular formula is C20H20ClFN6O. The first-order chi connectivity index (χ1) is 13.9. The van der Waals surface area contributed by atoms with Crippen molar-refractivity contribution in [3.05, 3.63) is 70.4 Å². The predicted octanol–water partition coefficient (Wildman–Crippen LogP) is 3.87. The molecule has 2 heterocycles. The van der Waals surface area contributed by atoms with E-state index in [9.17, 15) is 9.18 Å². The molecule has 0 radical (unpaired) electrons. The van der Waals surface area contributed by atoms with Gasteiger partial charge >= 0.3 is 0 Å². The average Bonchev–Trinajstić information content (AvgIpc) is 2.64. The maximum Gasteiger partial charge on any atom is 0.252 e. The van der Waals surface area contributed by atoms with Gasteiger partial charge in [-0.1, -0.05) is 11.6 Å². The maximum absolute atomic E-state index is 13.1. The summed E-state index contributed by atoms with van der Waals surface area (Å²) in [6.45, 7) is 4.54. The Balaban J connectivity index is 1.55. The smallest absolute Gasteiger partial charge is 0.252 e. The number of aryl methyl sites for hydroxylation is 2. The Morgan fingerprint density at radius 2 is 1.83 bits per heavy atom. The Morgan fingerprint density at radius 1 is 1.03 bits per heavy atom. The minimum Gasteiger partial charge on any atom is -0.368 e. The summed E-state index contributed by atoms with van der Waals surface area (Å²) in [7, 11) is 0. The van der Waals surface area contributed by atoms with Crippen molar-refractivity contribution in [1.82, 2.24) is 20.3 Å². The molecule has 0 bridgehead atoms. The summed E-state index contributed by atoms with van der Waals surface area (Å²) in [6.07, 6.45) is 1.72. The SMILES string of the molecule is Cc1ccnc(Nc2cc(NCCNC(=O)c3ccc(F)cc3Cl)nc(C)n2)c1. The average molecular weight is 415 g/mol. The van der Waals surface area contributed by atoms with Crippen molar-refractivity contribution < 1.29 is 9.18 Å². The van der Waals surface area contributed by atoms with E-state index in [0.29, 0.717) is 36.4 Å². The fourth-order valence-corrected chi connectivity index (χ4v) is 2.85. The fraction of sp³-hybridized carbons (Fsp3) is 0.200. The first-order valence-corrected chi connectivity index (χ1v) is 9.31. The van der Waals surface area contributed by atoms with Crippen LogP contribution in [0.3, 0.4) is 0 Å². The summed E-state index contributed by atoms with van der Waals surface area (Å²) in [5, 5.41) is 9.08. The molecule has 0 atom stereocenters. The summed E-state index contributed by atoms with van der Waals surface area (Å²) in [4.78, 5) is 25.1. The zero-order chi connectivity index (χ0) is 20.8. The third-order valence-corrected chi connectivity index (χ3v) is 4.21. The van der Waals surface area contributed by atoms with Crippen LogP contribution in [0.25, 0.3) is 0 Å². The highest BCUT2D eigenvalue weighted by Crippen LogP contribution is 2.18. The van der Waals surface area contributed by atoms with Gasteiger partial charge in [0.25, 0.3) is 5.91 Å². The van der Waals surface area contributed by atoms with Crippen molar-refractivity contribution in [2.45, 2.75) is 13.8 Å². The molecule has 1 aromatic carbocycles. The second-order valence-corrected chi connectivity index (χ2v) is 6.74. The minimum absolute atomic E-state index is 0.0716. The van der Waals surface area contributed by atoms with Gasteiger partial charge in [-0.2, -0.15) is 0 Å². The van der Waals surface area contributed by atoms with Crippen molar-refractivity contribution in [3.63, 3.8) is 0 Å². The highest BCUT2D eigenvalue weighted by Gasteiger charge is 2.10. The lowest BCUT2D eigenvalue weighted by atomic mass is 10.2. The van der Waals surface area contributed by atoms with Crippen LogP contribution in [0.4, 0.5) is 21.8 Å². The zero-order valence-corrected chi connectivity index (χ0v) is 16.7. The van der Waals surface area contributed by atoms with Crippen LogP contribution in [-0.2, 0) is 0 Å². The van der Waals surface area contributed by atoms with Gasteiger partial charge in [0, 0.05) is 25.4 Å². The normalized spacial score (nSPS) is 10.5. The number of nitrogens with one attached hydrogen (secondary N) is 3. The molecule has 0 saturated heterocycles. The van der Waals surface area contributed by atoms with E-state index in [-0.39, 0.29) is 16.5 Å². The highest BCUT2D eigenvalue weighted by atomic mass is 35.5. The van der Waals surface area contributed by atoms with E-state index in [1.165, 1.54) is 12.1 Å². The molecule has 0 aliphatic carbocycles. The second kappa shape index (κ2) is 9.29. The van der Waals surface area contributed by atoms with Gasteiger partial charge in [-0.25, -0.2) is 19.3 Å². The molecule has 0 unspecified atom stereocenters. The lowest BCUT2D eigenvalue weighted by Crippen LogP contribution is -2.29. The largest absolute Gasteiger partial charge is 0.368 e. The predicted molar refractivity (Wildman–Crippen MR) is 111 cm³/mol.